The SMILES string of the molecule is CCCCCCCCCCCCC(C)(CCCCCCCCCC)N=O. The van der Waals surface area contributed by atoms with E-state index in [0.717, 1.165) is 12.8 Å². The van der Waals surface area contributed by atoms with E-state index in [9.17, 15) is 4.91 Å². The van der Waals surface area contributed by atoms with E-state index in [4.69, 9.17) is 0 Å². The Labute approximate surface area is 165 Å². The van der Waals surface area contributed by atoms with Crippen molar-refractivity contribution in [3.63, 3.8) is 0 Å². The normalized spacial score (nSPS) is 13.7. The first kappa shape index (κ1) is 25.6. The summed E-state index contributed by atoms with van der Waals surface area (Å²) in [7, 11) is 0. The maximum absolute atomic E-state index is 11.3. The van der Waals surface area contributed by atoms with Crippen molar-refractivity contribution in [3.05, 3.63) is 4.91 Å². The van der Waals surface area contributed by atoms with Crippen molar-refractivity contribution < 1.29 is 0 Å². The van der Waals surface area contributed by atoms with E-state index in [1.54, 1.807) is 0 Å². The van der Waals surface area contributed by atoms with Crippen molar-refractivity contribution in [2.45, 2.75) is 155 Å². The van der Waals surface area contributed by atoms with Crippen LogP contribution in [0.25, 0.3) is 0 Å². The molecular formula is C24H49NO. The smallest absolute Gasteiger partial charge is 0.0998 e. The highest BCUT2D eigenvalue weighted by molar-refractivity contribution is 4.82. The van der Waals surface area contributed by atoms with Crippen LogP contribution in [0.5, 0.6) is 0 Å². The molecule has 0 radical (unpaired) electrons. The predicted octanol–water partition coefficient (Wildman–Crippen LogP) is 9.35. The second kappa shape index (κ2) is 19.4. The van der Waals surface area contributed by atoms with Crippen LogP contribution >= 0.6 is 0 Å². The van der Waals surface area contributed by atoms with Crippen LogP contribution in [0.2, 0.25) is 0 Å². The van der Waals surface area contributed by atoms with Crippen LogP contribution in [-0.2, 0) is 0 Å². The molecule has 0 aliphatic heterocycles. The third-order valence-electron chi connectivity index (χ3n) is 5.86. The van der Waals surface area contributed by atoms with Gasteiger partial charge in [0.05, 0.1) is 5.54 Å². The molecule has 156 valence electrons. The highest BCUT2D eigenvalue weighted by Crippen LogP contribution is 2.26. The largest absolute Gasteiger partial charge is 0.150 e. The zero-order valence-electron chi connectivity index (χ0n) is 18.5. The molecule has 1 unspecified atom stereocenters. The number of nitroso groups, excluding NO2 is 1. The van der Waals surface area contributed by atoms with Crippen molar-refractivity contribution in [3.8, 4) is 0 Å². The number of unbranched alkanes of at least 4 members (excludes halogenated alkanes) is 16. The van der Waals surface area contributed by atoms with Crippen molar-refractivity contribution in [2.75, 3.05) is 0 Å². The molecule has 0 bridgehead atoms. The number of nitrogens with zero attached hydrogens (tertiary/aromatic N) is 1. The van der Waals surface area contributed by atoms with Crippen molar-refractivity contribution in [1.29, 1.82) is 0 Å². The average molecular weight is 368 g/mol. The first-order valence-electron chi connectivity index (χ1n) is 12.0. The minimum absolute atomic E-state index is 0.303. The summed E-state index contributed by atoms with van der Waals surface area (Å²) in [5.74, 6) is 0. The highest BCUT2D eigenvalue weighted by Gasteiger charge is 2.23. The van der Waals surface area contributed by atoms with E-state index >= 15 is 0 Å². The molecule has 1 atom stereocenters. The van der Waals surface area contributed by atoms with E-state index in [1.165, 1.54) is 116 Å². The lowest BCUT2D eigenvalue weighted by Crippen LogP contribution is -2.21. The second-order valence-corrected chi connectivity index (χ2v) is 8.75. The highest BCUT2D eigenvalue weighted by atomic mass is 16.3. The Bertz CT molecular complexity index is 292. The van der Waals surface area contributed by atoms with Gasteiger partial charge in [0.15, 0.2) is 0 Å². The Morgan fingerprint density at radius 3 is 1.04 bits per heavy atom. The fourth-order valence-corrected chi connectivity index (χ4v) is 3.85. The average Bonchev–Trinajstić information content (AvgIpc) is 2.65. The van der Waals surface area contributed by atoms with Crippen LogP contribution in [0, 0.1) is 4.91 Å². The van der Waals surface area contributed by atoms with Crippen LogP contribution in [0.15, 0.2) is 5.18 Å². The lowest BCUT2D eigenvalue weighted by atomic mass is 9.89. The summed E-state index contributed by atoms with van der Waals surface area (Å²) >= 11 is 0. The van der Waals surface area contributed by atoms with Crippen molar-refractivity contribution >= 4 is 0 Å². The standard InChI is InChI=1S/C24H49NO/c1-4-6-8-10-12-14-15-17-19-21-23-24(3,25-26)22-20-18-16-13-11-9-7-5-2/h4-23H2,1-3H3. The fourth-order valence-electron chi connectivity index (χ4n) is 3.85. The zero-order chi connectivity index (χ0) is 19.3. The summed E-state index contributed by atoms with van der Waals surface area (Å²) in [5, 5.41) is 3.50. The summed E-state index contributed by atoms with van der Waals surface area (Å²) in [6.07, 6.45) is 26.1. The van der Waals surface area contributed by atoms with Gasteiger partial charge in [0, 0.05) is 0 Å². The van der Waals surface area contributed by atoms with E-state index in [2.05, 4.69) is 25.9 Å². The van der Waals surface area contributed by atoms with E-state index < -0.39 is 0 Å². The van der Waals surface area contributed by atoms with Gasteiger partial charge in [-0.2, -0.15) is 4.91 Å². The van der Waals surface area contributed by atoms with Crippen LogP contribution < -0.4 is 0 Å². The van der Waals surface area contributed by atoms with Gasteiger partial charge in [0.25, 0.3) is 0 Å². The van der Waals surface area contributed by atoms with Crippen LogP contribution in [0.1, 0.15) is 149 Å². The number of hydrogen-bond acceptors (Lipinski definition) is 2. The minimum atomic E-state index is -0.303. The van der Waals surface area contributed by atoms with Gasteiger partial charge < -0.3 is 0 Å². The summed E-state index contributed by atoms with van der Waals surface area (Å²) in [5.41, 5.74) is -0.303. The molecule has 26 heavy (non-hydrogen) atoms. The third-order valence-corrected chi connectivity index (χ3v) is 5.86. The molecule has 0 aliphatic carbocycles. The number of rotatable bonds is 21. The summed E-state index contributed by atoms with van der Waals surface area (Å²) in [6, 6.07) is 0. The molecule has 0 amide bonds. The Kier molecular flexibility index (Phi) is 19.1. The lowest BCUT2D eigenvalue weighted by molar-refractivity contribution is 0.363. The molecule has 0 spiro atoms. The third kappa shape index (κ3) is 17.0. The van der Waals surface area contributed by atoms with Gasteiger partial charge in [0.2, 0.25) is 0 Å². The molecule has 0 saturated heterocycles. The van der Waals surface area contributed by atoms with E-state index in [0.29, 0.717) is 0 Å². The van der Waals surface area contributed by atoms with E-state index in [1.807, 2.05) is 0 Å². The zero-order valence-corrected chi connectivity index (χ0v) is 18.5. The van der Waals surface area contributed by atoms with E-state index in [-0.39, 0.29) is 5.54 Å². The Morgan fingerprint density at radius 1 is 0.500 bits per heavy atom. The molecule has 0 N–H and O–H groups in total. The number of hydrogen-bond donors (Lipinski definition) is 0. The molecule has 0 aliphatic rings. The maximum atomic E-state index is 11.3. The molecule has 0 rings (SSSR count). The Balaban J connectivity index is 3.50. The van der Waals surface area contributed by atoms with Crippen LogP contribution in [0.3, 0.4) is 0 Å². The summed E-state index contributed by atoms with van der Waals surface area (Å²) in [6.45, 7) is 6.62. The summed E-state index contributed by atoms with van der Waals surface area (Å²) < 4.78 is 0. The first-order chi connectivity index (χ1) is 12.7. The molecule has 0 fully saturated rings. The van der Waals surface area contributed by atoms with Gasteiger partial charge in [0.1, 0.15) is 0 Å². The first-order valence-corrected chi connectivity index (χ1v) is 12.0. The second-order valence-electron chi connectivity index (χ2n) is 8.75. The topological polar surface area (TPSA) is 29.4 Å². The van der Waals surface area contributed by atoms with Gasteiger partial charge in [-0.1, -0.05) is 135 Å². The van der Waals surface area contributed by atoms with Crippen molar-refractivity contribution in [1.82, 2.24) is 0 Å². The quantitative estimate of drug-likeness (QED) is 0.147. The molecule has 0 aromatic rings. The molecule has 0 aromatic heterocycles. The van der Waals surface area contributed by atoms with Gasteiger partial charge >= 0.3 is 0 Å². The van der Waals surface area contributed by atoms with Gasteiger partial charge in [-0.05, 0) is 19.8 Å². The maximum Gasteiger partial charge on any atom is 0.0998 e. The van der Waals surface area contributed by atoms with Crippen molar-refractivity contribution in [2.24, 2.45) is 5.18 Å². The van der Waals surface area contributed by atoms with Gasteiger partial charge in [-0.3, -0.25) is 0 Å². The predicted molar refractivity (Wildman–Crippen MR) is 118 cm³/mol. The van der Waals surface area contributed by atoms with Gasteiger partial charge in [-0.25, -0.2) is 0 Å². The molecule has 0 heterocycles. The molecule has 0 saturated carbocycles. The van der Waals surface area contributed by atoms with Gasteiger partial charge in [-0.15, -0.1) is 0 Å². The molecule has 0 aromatic carbocycles. The minimum Gasteiger partial charge on any atom is -0.150 e. The lowest BCUT2D eigenvalue weighted by Gasteiger charge is -2.21. The van der Waals surface area contributed by atoms with Crippen LogP contribution in [0.4, 0.5) is 0 Å². The fraction of sp³-hybridized carbons (Fsp3) is 1.00. The Hall–Kier alpha value is -0.400. The molecule has 2 heteroatoms. The Morgan fingerprint density at radius 2 is 0.769 bits per heavy atom. The molecular weight excluding hydrogens is 318 g/mol. The summed E-state index contributed by atoms with van der Waals surface area (Å²) in [4.78, 5) is 11.3. The molecule has 2 nitrogen and oxygen atoms in total. The monoisotopic (exact) mass is 367 g/mol. The van der Waals surface area contributed by atoms with Crippen LogP contribution in [-0.4, -0.2) is 5.54 Å².